The molecule has 1 aromatic heterocycles. The Bertz CT molecular complexity index is 1150. The fourth-order valence-electron chi connectivity index (χ4n) is 4.45. The van der Waals surface area contributed by atoms with Crippen molar-refractivity contribution in [2.75, 3.05) is 31.1 Å². The molecule has 0 atom stereocenters. The Hall–Kier alpha value is -3.61. The van der Waals surface area contributed by atoms with Crippen LogP contribution in [0.25, 0.3) is 0 Å². The number of para-hydroxylation sites is 1. The summed E-state index contributed by atoms with van der Waals surface area (Å²) >= 11 is 0. The van der Waals surface area contributed by atoms with Crippen LogP contribution in [0, 0.1) is 6.92 Å². The van der Waals surface area contributed by atoms with E-state index >= 15 is 0 Å². The first-order valence-electron chi connectivity index (χ1n) is 12.0. The average Bonchev–Trinajstić information content (AvgIpc) is 2.88. The van der Waals surface area contributed by atoms with E-state index in [0.717, 1.165) is 54.4 Å². The van der Waals surface area contributed by atoms with Crippen molar-refractivity contribution in [2.24, 2.45) is 0 Å². The highest BCUT2D eigenvalue weighted by atomic mass is 16.5. The number of ether oxygens (including phenoxy) is 2. The maximum atomic E-state index is 12.9. The van der Waals surface area contributed by atoms with Crippen molar-refractivity contribution < 1.29 is 14.3 Å². The lowest BCUT2D eigenvalue weighted by Crippen LogP contribution is -2.40. The lowest BCUT2D eigenvalue weighted by Gasteiger charge is -2.32. The van der Waals surface area contributed by atoms with Gasteiger partial charge < -0.3 is 19.3 Å². The van der Waals surface area contributed by atoms with Crippen molar-refractivity contribution in [3.63, 3.8) is 0 Å². The van der Waals surface area contributed by atoms with E-state index in [1.807, 2.05) is 61.5 Å². The van der Waals surface area contributed by atoms with Gasteiger partial charge in [0.25, 0.3) is 5.91 Å². The first kappa shape index (κ1) is 22.2. The Morgan fingerprint density at radius 3 is 2.53 bits per heavy atom. The van der Waals surface area contributed by atoms with Gasteiger partial charge in [0.05, 0.1) is 17.8 Å². The summed E-state index contributed by atoms with van der Waals surface area (Å²) in [6.07, 6.45) is 4.21. The fraction of sp³-hybridized carbons (Fsp3) is 0.370. The molecule has 2 aliphatic rings. The summed E-state index contributed by atoms with van der Waals surface area (Å²) in [6, 6.07) is 17.3. The third-order valence-corrected chi connectivity index (χ3v) is 6.31. The van der Waals surface area contributed by atoms with Crippen LogP contribution in [0.4, 0.5) is 5.95 Å². The molecule has 7 heteroatoms. The quantitative estimate of drug-likeness (QED) is 0.541. The van der Waals surface area contributed by atoms with Gasteiger partial charge in [0, 0.05) is 26.1 Å². The molecule has 1 fully saturated rings. The van der Waals surface area contributed by atoms with E-state index in [1.165, 1.54) is 6.42 Å². The molecule has 0 unspecified atom stereocenters. The lowest BCUT2D eigenvalue weighted by atomic mass is 10.1. The van der Waals surface area contributed by atoms with Crippen LogP contribution in [0.5, 0.6) is 17.4 Å². The SMILES string of the molecule is Cc1cccc(Oc2nc(N3CCCCC3)nc3c2CN(C(=O)COc2ccccc2)CC3)c1. The molecule has 3 heterocycles. The second-order valence-electron chi connectivity index (χ2n) is 8.89. The molecule has 176 valence electrons. The number of anilines is 1. The van der Waals surface area contributed by atoms with Crippen LogP contribution in [0.3, 0.4) is 0 Å². The third kappa shape index (κ3) is 5.14. The highest BCUT2D eigenvalue weighted by molar-refractivity contribution is 5.78. The molecule has 0 radical (unpaired) electrons. The van der Waals surface area contributed by atoms with Crippen molar-refractivity contribution in [3.05, 3.63) is 71.4 Å². The molecule has 7 nitrogen and oxygen atoms in total. The van der Waals surface area contributed by atoms with E-state index < -0.39 is 0 Å². The number of hydrogen-bond acceptors (Lipinski definition) is 6. The summed E-state index contributed by atoms with van der Waals surface area (Å²) in [6.45, 7) is 4.97. The number of hydrogen-bond donors (Lipinski definition) is 0. The highest BCUT2D eigenvalue weighted by Crippen LogP contribution is 2.32. The molecule has 3 aromatic rings. The minimum atomic E-state index is -0.0592. The number of aromatic nitrogens is 2. The summed E-state index contributed by atoms with van der Waals surface area (Å²) in [7, 11) is 0. The smallest absolute Gasteiger partial charge is 0.260 e. The van der Waals surface area contributed by atoms with Gasteiger partial charge in [-0.25, -0.2) is 4.98 Å². The number of amides is 1. The number of aryl methyl sites for hydroxylation is 1. The van der Waals surface area contributed by atoms with E-state index in [1.54, 1.807) is 4.90 Å². The van der Waals surface area contributed by atoms with Gasteiger partial charge in [-0.3, -0.25) is 4.79 Å². The number of carbonyl (C=O) groups is 1. The number of carbonyl (C=O) groups excluding carboxylic acids is 1. The Balaban J connectivity index is 1.39. The zero-order chi connectivity index (χ0) is 23.3. The van der Waals surface area contributed by atoms with Crippen LogP contribution < -0.4 is 14.4 Å². The number of benzene rings is 2. The summed E-state index contributed by atoms with van der Waals surface area (Å²) in [5, 5.41) is 0. The van der Waals surface area contributed by atoms with Crippen molar-refractivity contribution in [2.45, 2.75) is 39.2 Å². The normalized spacial score (nSPS) is 15.6. The van der Waals surface area contributed by atoms with Gasteiger partial charge in [-0.1, -0.05) is 30.3 Å². The van der Waals surface area contributed by atoms with Crippen LogP contribution in [0.1, 0.15) is 36.1 Å². The van der Waals surface area contributed by atoms with Crippen LogP contribution in [-0.2, 0) is 17.8 Å². The molecular formula is C27H30N4O3. The van der Waals surface area contributed by atoms with Crippen LogP contribution in [-0.4, -0.2) is 47.0 Å². The van der Waals surface area contributed by atoms with Crippen molar-refractivity contribution >= 4 is 11.9 Å². The molecule has 5 rings (SSSR count). The average molecular weight is 459 g/mol. The second kappa shape index (κ2) is 10.1. The first-order chi connectivity index (χ1) is 16.7. The van der Waals surface area contributed by atoms with Crippen molar-refractivity contribution in [1.29, 1.82) is 0 Å². The Labute approximate surface area is 200 Å². The van der Waals surface area contributed by atoms with Gasteiger partial charge in [-0.2, -0.15) is 4.98 Å². The predicted molar refractivity (Wildman–Crippen MR) is 130 cm³/mol. The minimum absolute atomic E-state index is 0.000135. The zero-order valence-electron chi connectivity index (χ0n) is 19.6. The molecule has 2 aliphatic heterocycles. The Morgan fingerprint density at radius 2 is 1.74 bits per heavy atom. The van der Waals surface area contributed by atoms with Gasteiger partial charge in [0.2, 0.25) is 11.8 Å². The summed E-state index contributed by atoms with van der Waals surface area (Å²) < 4.78 is 12.0. The monoisotopic (exact) mass is 458 g/mol. The highest BCUT2D eigenvalue weighted by Gasteiger charge is 2.28. The molecule has 1 amide bonds. The molecule has 34 heavy (non-hydrogen) atoms. The van der Waals surface area contributed by atoms with E-state index in [4.69, 9.17) is 19.4 Å². The van der Waals surface area contributed by atoms with Gasteiger partial charge in [0.15, 0.2) is 6.61 Å². The van der Waals surface area contributed by atoms with Gasteiger partial charge in [0.1, 0.15) is 11.5 Å². The third-order valence-electron chi connectivity index (χ3n) is 6.31. The first-order valence-corrected chi connectivity index (χ1v) is 12.0. The standard InChI is InChI=1S/C27H30N4O3/c1-20-9-8-12-22(17-20)34-26-23-18-31(25(32)19-33-21-10-4-2-5-11-21)16-13-24(23)28-27(29-26)30-14-6-3-7-15-30/h2,4-5,8-12,17H,3,6-7,13-16,18-19H2,1H3. The van der Waals surface area contributed by atoms with E-state index in [-0.39, 0.29) is 12.5 Å². The van der Waals surface area contributed by atoms with Gasteiger partial charge in [-0.15, -0.1) is 0 Å². The second-order valence-corrected chi connectivity index (χ2v) is 8.89. The maximum Gasteiger partial charge on any atom is 0.260 e. The van der Waals surface area contributed by atoms with E-state index in [0.29, 0.717) is 31.1 Å². The molecular weight excluding hydrogens is 428 g/mol. The molecule has 0 spiro atoms. The topological polar surface area (TPSA) is 67.8 Å². The van der Waals surface area contributed by atoms with E-state index in [9.17, 15) is 4.79 Å². The Kier molecular flexibility index (Phi) is 6.60. The largest absolute Gasteiger partial charge is 0.484 e. The van der Waals surface area contributed by atoms with Crippen LogP contribution in [0.15, 0.2) is 54.6 Å². The number of rotatable bonds is 6. The predicted octanol–water partition coefficient (Wildman–Crippen LogP) is 4.53. The summed E-state index contributed by atoms with van der Waals surface area (Å²) in [5.74, 6) is 2.63. The van der Waals surface area contributed by atoms with Crippen molar-refractivity contribution in [3.8, 4) is 17.4 Å². The molecule has 0 saturated carbocycles. The van der Waals surface area contributed by atoms with Crippen LogP contribution >= 0.6 is 0 Å². The molecule has 0 aliphatic carbocycles. The number of piperidine rings is 1. The zero-order valence-corrected chi connectivity index (χ0v) is 19.6. The maximum absolute atomic E-state index is 12.9. The lowest BCUT2D eigenvalue weighted by molar-refractivity contribution is -0.134. The summed E-state index contributed by atoms with van der Waals surface area (Å²) in [4.78, 5) is 26.7. The Morgan fingerprint density at radius 1 is 0.941 bits per heavy atom. The molecule has 0 N–H and O–H groups in total. The van der Waals surface area contributed by atoms with Gasteiger partial charge in [-0.05, 0) is 56.0 Å². The number of fused-ring (bicyclic) bond motifs is 1. The van der Waals surface area contributed by atoms with Gasteiger partial charge >= 0.3 is 0 Å². The number of nitrogens with zero attached hydrogens (tertiary/aromatic N) is 4. The van der Waals surface area contributed by atoms with Crippen molar-refractivity contribution in [1.82, 2.24) is 14.9 Å². The fourth-order valence-corrected chi connectivity index (χ4v) is 4.45. The minimum Gasteiger partial charge on any atom is -0.484 e. The van der Waals surface area contributed by atoms with E-state index in [2.05, 4.69) is 4.90 Å². The molecule has 1 saturated heterocycles. The summed E-state index contributed by atoms with van der Waals surface area (Å²) in [5.41, 5.74) is 2.96. The molecule has 2 aromatic carbocycles. The molecule has 0 bridgehead atoms. The van der Waals surface area contributed by atoms with Crippen LogP contribution in [0.2, 0.25) is 0 Å².